The number of nitrogens with one attached hydrogen (secondary N) is 1. The van der Waals surface area contributed by atoms with Gasteiger partial charge in [-0.3, -0.25) is 9.69 Å². The lowest BCUT2D eigenvalue weighted by Crippen LogP contribution is -2.40. The van der Waals surface area contributed by atoms with Crippen molar-refractivity contribution < 1.29 is 13.9 Å². The first-order valence-corrected chi connectivity index (χ1v) is 11.7. The first-order chi connectivity index (χ1) is 15.1. The summed E-state index contributed by atoms with van der Waals surface area (Å²) < 4.78 is 11.4. The van der Waals surface area contributed by atoms with Crippen LogP contribution in [0.4, 0.5) is 0 Å². The van der Waals surface area contributed by atoms with Crippen LogP contribution >= 0.6 is 22.9 Å². The van der Waals surface area contributed by atoms with Gasteiger partial charge in [-0.25, -0.2) is 4.98 Å². The number of aryl methyl sites for hydroxylation is 1. The molecule has 0 radical (unpaired) electrons. The predicted octanol–water partition coefficient (Wildman–Crippen LogP) is 5.23. The molecule has 2 aromatic heterocycles. The van der Waals surface area contributed by atoms with Crippen LogP contribution in [-0.2, 0) is 6.61 Å². The number of benzene rings is 1. The number of halogens is 1. The second-order valence-corrected chi connectivity index (χ2v) is 9.12. The second kappa shape index (κ2) is 10.3. The fourth-order valence-electron chi connectivity index (χ4n) is 3.79. The van der Waals surface area contributed by atoms with Crippen LogP contribution in [0.25, 0.3) is 0 Å². The fourth-order valence-corrected chi connectivity index (χ4v) is 4.81. The minimum atomic E-state index is -0.110. The lowest BCUT2D eigenvalue weighted by atomic mass is 10.1. The Hall–Kier alpha value is -2.35. The lowest BCUT2D eigenvalue weighted by Gasteiger charge is -2.33. The molecule has 0 spiro atoms. The predicted molar refractivity (Wildman–Crippen MR) is 122 cm³/mol. The first kappa shape index (κ1) is 21.9. The van der Waals surface area contributed by atoms with Crippen LogP contribution in [0.3, 0.4) is 0 Å². The molecule has 0 bridgehead atoms. The Bertz CT molecular complexity index is 982. The highest BCUT2D eigenvalue weighted by molar-refractivity contribution is 7.13. The number of carbonyl (C=O) groups excluding carboxylic acids is 1. The van der Waals surface area contributed by atoms with Gasteiger partial charge in [0.15, 0.2) is 0 Å². The molecule has 0 saturated carbocycles. The third kappa shape index (κ3) is 5.67. The smallest absolute Gasteiger partial charge is 0.263 e. The number of nitrogens with zero attached hydrogens (tertiary/aromatic N) is 2. The van der Waals surface area contributed by atoms with Crippen molar-refractivity contribution in [3.8, 4) is 5.75 Å². The van der Waals surface area contributed by atoms with Crippen molar-refractivity contribution in [3.05, 3.63) is 69.0 Å². The summed E-state index contributed by atoms with van der Waals surface area (Å²) in [6.45, 7) is 4.70. The van der Waals surface area contributed by atoms with E-state index in [-0.39, 0.29) is 11.9 Å². The molecule has 6 nitrogen and oxygen atoms in total. The average molecular weight is 460 g/mol. The van der Waals surface area contributed by atoms with E-state index in [4.69, 9.17) is 20.8 Å². The van der Waals surface area contributed by atoms with Gasteiger partial charge in [0, 0.05) is 11.6 Å². The van der Waals surface area contributed by atoms with Gasteiger partial charge in [-0.15, -0.1) is 11.3 Å². The van der Waals surface area contributed by atoms with Gasteiger partial charge in [-0.05, 0) is 69.3 Å². The van der Waals surface area contributed by atoms with E-state index in [2.05, 4.69) is 15.2 Å². The van der Waals surface area contributed by atoms with Crippen LogP contribution in [0, 0.1) is 6.92 Å². The number of aromatic nitrogens is 1. The van der Waals surface area contributed by atoms with Gasteiger partial charge in [0.05, 0.1) is 18.0 Å². The maximum absolute atomic E-state index is 12.9. The molecule has 1 fully saturated rings. The second-order valence-electron chi connectivity index (χ2n) is 7.60. The van der Waals surface area contributed by atoms with Crippen molar-refractivity contribution in [3.63, 3.8) is 0 Å². The van der Waals surface area contributed by atoms with Crippen molar-refractivity contribution in [2.75, 3.05) is 19.6 Å². The number of piperidine rings is 1. The van der Waals surface area contributed by atoms with E-state index in [1.165, 1.54) is 30.6 Å². The minimum Gasteiger partial charge on any atom is -0.486 e. The van der Waals surface area contributed by atoms with Crippen LogP contribution in [0.1, 0.15) is 51.4 Å². The molecule has 3 heterocycles. The van der Waals surface area contributed by atoms with Crippen LogP contribution in [-0.4, -0.2) is 35.4 Å². The Morgan fingerprint density at radius 1 is 1.26 bits per heavy atom. The maximum atomic E-state index is 12.9. The number of hydrogen-bond donors (Lipinski definition) is 1. The third-order valence-corrected chi connectivity index (χ3v) is 6.76. The molecule has 1 saturated heterocycles. The fraction of sp³-hybridized carbons (Fsp3) is 0.391. The first-order valence-electron chi connectivity index (χ1n) is 10.5. The minimum absolute atomic E-state index is 0.0418. The summed E-state index contributed by atoms with van der Waals surface area (Å²) >= 11 is 7.27. The lowest BCUT2D eigenvalue weighted by molar-refractivity contribution is 0.0917. The summed E-state index contributed by atoms with van der Waals surface area (Å²) in [7, 11) is 0. The summed E-state index contributed by atoms with van der Waals surface area (Å²) in [6.07, 6.45) is 5.30. The zero-order chi connectivity index (χ0) is 21.6. The summed E-state index contributed by atoms with van der Waals surface area (Å²) in [4.78, 5) is 20.4. The standard InChI is InChI=1S/C23H26ClN3O3S/c1-16-22(31-21(26-16)15-30-18-9-7-17(24)8-10-18)23(28)25-14-19(20-6-5-13-29-20)27-11-3-2-4-12-27/h5-10,13,19H,2-4,11-12,14-15H2,1H3,(H,25,28). The van der Waals surface area contributed by atoms with Gasteiger partial charge >= 0.3 is 0 Å². The van der Waals surface area contributed by atoms with Gasteiger partial charge in [0.1, 0.15) is 28.0 Å². The average Bonchev–Trinajstić information content (AvgIpc) is 3.44. The molecule has 1 atom stereocenters. The SMILES string of the molecule is Cc1nc(COc2ccc(Cl)cc2)sc1C(=O)NCC(c1ccco1)N1CCCCC1. The molecule has 4 rings (SSSR count). The third-order valence-electron chi connectivity index (χ3n) is 5.38. The number of amides is 1. The van der Waals surface area contributed by atoms with Gasteiger partial charge in [-0.2, -0.15) is 0 Å². The largest absolute Gasteiger partial charge is 0.486 e. The van der Waals surface area contributed by atoms with E-state index in [9.17, 15) is 4.79 Å². The van der Waals surface area contributed by atoms with Crippen LogP contribution in [0.15, 0.2) is 47.1 Å². The van der Waals surface area contributed by atoms with Gasteiger partial charge in [0.2, 0.25) is 0 Å². The normalized spacial score (nSPS) is 15.5. The molecular weight excluding hydrogens is 434 g/mol. The van der Waals surface area contributed by atoms with Crippen LogP contribution in [0.2, 0.25) is 5.02 Å². The van der Waals surface area contributed by atoms with E-state index in [0.717, 1.165) is 23.9 Å². The molecule has 1 unspecified atom stereocenters. The monoisotopic (exact) mass is 459 g/mol. The number of hydrogen-bond acceptors (Lipinski definition) is 6. The van der Waals surface area contributed by atoms with E-state index in [1.807, 2.05) is 31.2 Å². The van der Waals surface area contributed by atoms with E-state index in [1.54, 1.807) is 18.4 Å². The molecule has 164 valence electrons. The Balaban J connectivity index is 1.37. The van der Waals surface area contributed by atoms with Crippen molar-refractivity contribution in [1.82, 2.24) is 15.2 Å². The molecular formula is C23H26ClN3O3S. The summed E-state index contributed by atoms with van der Waals surface area (Å²) in [5, 5.41) is 4.51. The van der Waals surface area contributed by atoms with Crippen molar-refractivity contribution in [2.45, 2.75) is 38.8 Å². The molecule has 1 aromatic carbocycles. The molecule has 31 heavy (non-hydrogen) atoms. The number of likely N-dealkylation sites (tertiary alicyclic amines) is 1. The Morgan fingerprint density at radius 3 is 2.74 bits per heavy atom. The summed E-state index contributed by atoms with van der Waals surface area (Å²) in [6, 6.07) is 11.1. The number of carbonyl (C=O) groups is 1. The van der Waals surface area contributed by atoms with Gasteiger partial charge in [-0.1, -0.05) is 18.0 Å². The van der Waals surface area contributed by atoms with Crippen LogP contribution < -0.4 is 10.1 Å². The van der Waals surface area contributed by atoms with E-state index >= 15 is 0 Å². The molecule has 1 aliphatic heterocycles. The Labute approximate surface area is 191 Å². The molecule has 1 amide bonds. The highest BCUT2D eigenvalue weighted by Gasteiger charge is 2.26. The summed E-state index contributed by atoms with van der Waals surface area (Å²) in [5.41, 5.74) is 0.713. The number of ether oxygens (including phenoxy) is 1. The van der Waals surface area contributed by atoms with Crippen LogP contribution in [0.5, 0.6) is 5.75 Å². The highest BCUT2D eigenvalue weighted by atomic mass is 35.5. The van der Waals surface area contributed by atoms with Crippen molar-refractivity contribution in [2.24, 2.45) is 0 Å². The topological polar surface area (TPSA) is 67.6 Å². The number of rotatable bonds is 8. The summed E-state index contributed by atoms with van der Waals surface area (Å²) in [5.74, 6) is 1.49. The van der Waals surface area contributed by atoms with Gasteiger partial charge < -0.3 is 14.5 Å². The van der Waals surface area contributed by atoms with E-state index in [0.29, 0.717) is 34.5 Å². The zero-order valence-electron chi connectivity index (χ0n) is 17.5. The quantitative estimate of drug-likeness (QED) is 0.499. The molecule has 1 N–H and O–H groups in total. The van der Waals surface area contributed by atoms with Crippen molar-refractivity contribution in [1.29, 1.82) is 0 Å². The maximum Gasteiger partial charge on any atom is 0.263 e. The molecule has 0 aliphatic carbocycles. The molecule has 1 aliphatic rings. The number of furan rings is 1. The number of thiazole rings is 1. The molecule has 3 aromatic rings. The van der Waals surface area contributed by atoms with E-state index < -0.39 is 0 Å². The van der Waals surface area contributed by atoms with Crippen molar-refractivity contribution >= 4 is 28.8 Å². The van der Waals surface area contributed by atoms with Gasteiger partial charge in [0.25, 0.3) is 5.91 Å². The highest BCUT2D eigenvalue weighted by Crippen LogP contribution is 2.26. The molecule has 8 heteroatoms. The Morgan fingerprint density at radius 2 is 2.03 bits per heavy atom. The Kier molecular flexibility index (Phi) is 7.27. The zero-order valence-corrected chi connectivity index (χ0v) is 19.0.